The predicted octanol–water partition coefficient (Wildman–Crippen LogP) is 5.02. The molecule has 0 bridgehead atoms. The first-order valence-corrected chi connectivity index (χ1v) is 7.68. The number of para-hydroxylation sites is 1. The molecule has 112 valence electrons. The third-order valence-corrected chi connectivity index (χ3v) is 3.86. The van der Waals surface area contributed by atoms with Gasteiger partial charge in [0.2, 0.25) is 0 Å². The SMILES string of the molecule is CC(C)Oc1ccccc1C(N)Cc1ccc(Cl)c(Cl)c1. The molecule has 2 rings (SSSR count). The Kier molecular flexibility index (Phi) is 5.51. The summed E-state index contributed by atoms with van der Waals surface area (Å²) in [6.07, 6.45) is 0.790. The molecular weight excluding hydrogens is 305 g/mol. The van der Waals surface area contributed by atoms with Crippen LogP contribution in [-0.2, 0) is 6.42 Å². The summed E-state index contributed by atoms with van der Waals surface area (Å²) < 4.78 is 5.82. The van der Waals surface area contributed by atoms with Gasteiger partial charge >= 0.3 is 0 Å². The van der Waals surface area contributed by atoms with E-state index in [1.807, 2.05) is 50.2 Å². The topological polar surface area (TPSA) is 35.2 Å². The maximum atomic E-state index is 6.34. The number of benzene rings is 2. The van der Waals surface area contributed by atoms with Crippen LogP contribution in [-0.4, -0.2) is 6.10 Å². The Morgan fingerprint density at radius 3 is 2.43 bits per heavy atom. The molecule has 21 heavy (non-hydrogen) atoms. The van der Waals surface area contributed by atoms with E-state index < -0.39 is 0 Å². The van der Waals surface area contributed by atoms with E-state index >= 15 is 0 Å². The molecule has 0 saturated carbocycles. The highest BCUT2D eigenvalue weighted by Crippen LogP contribution is 2.29. The average molecular weight is 324 g/mol. The van der Waals surface area contributed by atoms with E-state index in [0.717, 1.165) is 16.9 Å². The van der Waals surface area contributed by atoms with Crippen molar-refractivity contribution in [2.24, 2.45) is 5.73 Å². The first-order chi connectivity index (χ1) is 9.97. The van der Waals surface area contributed by atoms with Gasteiger partial charge in [0, 0.05) is 11.6 Å². The van der Waals surface area contributed by atoms with Crippen molar-refractivity contribution in [1.82, 2.24) is 0 Å². The van der Waals surface area contributed by atoms with E-state index in [0.29, 0.717) is 16.5 Å². The van der Waals surface area contributed by atoms with Crippen LogP contribution in [0.3, 0.4) is 0 Å². The zero-order valence-electron chi connectivity index (χ0n) is 12.1. The molecule has 0 aliphatic rings. The highest BCUT2D eigenvalue weighted by atomic mass is 35.5. The molecule has 2 N–H and O–H groups in total. The second kappa shape index (κ2) is 7.17. The summed E-state index contributed by atoms with van der Waals surface area (Å²) in [6, 6.07) is 13.3. The summed E-state index contributed by atoms with van der Waals surface area (Å²) in [5.41, 5.74) is 8.39. The summed E-state index contributed by atoms with van der Waals surface area (Å²) in [7, 11) is 0. The zero-order chi connectivity index (χ0) is 15.4. The van der Waals surface area contributed by atoms with Crippen LogP contribution in [0.2, 0.25) is 10.0 Å². The van der Waals surface area contributed by atoms with Crippen LogP contribution >= 0.6 is 23.2 Å². The van der Waals surface area contributed by atoms with E-state index in [4.69, 9.17) is 33.7 Å². The fraction of sp³-hybridized carbons (Fsp3) is 0.294. The Morgan fingerprint density at radius 1 is 1.05 bits per heavy atom. The molecule has 0 aromatic heterocycles. The first kappa shape index (κ1) is 16.2. The van der Waals surface area contributed by atoms with E-state index in [1.54, 1.807) is 6.07 Å². The molecule has 4 heteroatoms. The summed E-state index contributed by atoms with van der Waals surface area (Å²) in [6.45, 7) is 4.00. The quantitative estimate of drug-likeness (QED) is 0.838. The molecule has 0 heterocycles. The Hall–Kier alpha value is -1.22. The molecular formula is C17H19Cl2NO. The van der Waals surface area contributed by atoms with Crippen molar-refractivity contribution in [3.63, 3.8) is 0 Å². The summed E-state index contributed by atoms with van der Waals surface area (Å²) >= 11 is 12.0. The molecule has 0 saturated heterocycles. The summed E-state index contributed by atoms with van der Waals surface area (Å²) in [5.74, 6) is 0.833. The number of halogens is 2. The fourth-order valence-electron chi connectivity index (χ4n) is 2.18. The van der Waals surface area contributed by atoms with Gasteiger partial charge in [-0.25, -0.2) is 0 Å². The van der Waals surface area contributed by atoms with Gasteiger partial charge in [0.1, 0.15) is 5.75 Å². The molecule has 0 fully saturated rings. The lowest BCUT2D eigenvalue weighted by Crippen LogP contribution is -2.16. The minimum atomic E-state index is -0.155. The Bertz CT molecular complexity index is 613. The fourth-order valence-corrected chi connectivity index (χ4v) is 2.50. The van der Waals surface area contributed by atoms with Crippen molar-refractivity contribution < 1.29 is 4.74 Å². The number of rotatable bonds is 5. The smallest absolute Gasteiger partial charge is 0.124 e. The van der Waals surface area contributed by atoms with Gasteiger partial charge in [-0.1, -0.05) is 47.5 Å². The lowest BCUT2D eigenvalue weighted by Gasteiger charge is -2.19. The molecule has 0 spiro atoms. The maximum absolute atomic E-state index is 6.34. The van der Waals surface area contributed by atoms with E-state index in [2.05, 4.69) is 0 Å². The molecule has 0 aliphatic carbocycles. The number of hydrogen-bond donors (Lipinski definition) is 1. The first-order valence-electron chi connectivity index (χ1n) is 6.92. The van der Waals surface area contributed by atoms with Gasteiger partial charge in [0.25, 0.3) is 0 Å². The minimum Gasteiger partial charge on any atom is -0.491 e. The zero-order valence-corrected chi connectivity index (χ0v) is 13.7. The predicted molar refractivity (Wildman–Crippen MR) is 89.3 cm³/mol. The van der Waals surface area contributed by atoms with Crippen molar-refractivity contribution in [2.75, 3.05) is 0 Å². The third-order valence-electron chi connectivity index (χ3n) is 3.12. The highest BCUT2D eigenvalue weighted by Gasteiger charge is 2.14. The van der Waals surface area contributed by atoms with E-state index in [9.17, 15) is 0 Å². The molecule has 2 nitrogen and oxygen atoms in total. The van der Waals surface area contributed by atoms with Crippen molar-refractivity contribution in [2.45, 2.75) is 32.4 Å². The van der Waals surface area contributed by atoms with Gasteiger partial charge in [0.05, 0.1) is 16.1 Å². The number of ether oxygens (including phenoxy) is 1. The van der Waals surface area contributed by atoms with Crippen LogP contribution in [0, 0.1) is 0 Å². The monoisotopic (exact) mass is 323 g/mol. The van der Waals surface area contributed by atoms with Crippen LogP contribution < -0.4 is 10.5 Å². The lowest BCUT2D eigenvalue weighted by atomic mass is 9.99. The molecule has 0 radical (unpaired) electrons. The third kappa shape index (κ3) is 4.37. The van der Waals surface area contributed by atoms with Gasteiger partial charge < -0.3 is 10.5 Å². The van der Waals surface area contributed by atoms with Crippen molar-refractivity contribution in [3.05, 3.63) is 63.6 Å². The molecule has 0 aliphatic heterocycles. The molecule has 1 unspecified atom stereocenters. The van der Waals surface area contributed by atoms with Gasteiger partial charge in [-0.05, 0) is 44.0 Å². The largest absolute Gasteiger partial charge is 0.491 e. The molecule has 2 aromatic rings. The van der Waals surface area contributed by atoms with E-state index in [-0.39, 0.29) is 12.1 Å². The second-order valence-electron chi connectivity index (χ2n) is 5.26. The van der Waals surface area contributed by atoms with E-state index in [1.165, 1.54) is 0 Å². The van der Waals surface area contributed by atoms with Gasteiger partial charge in [-0.3, -0.25) is 0 Å². The van der Waals surface area contributed by atoms with Crippen molar-refractivity contribution in [3.8, 4) is 5.75 Å². The molecule has 0 amide bonds. The van der Waals surface area contributed by atoms with Gasteiger partial charge in [0.15, 0.2) is 0 Å². The maximum Gasteiger partial charge on any atom is 0.124 e. The number of hydrogen-bond acceptors (Lipinski definition) is 2. The molecule has 1 atom stereocenters. The van der Waals surface area contributed by atoms with Gasteiger partial charge in [-0.15, -0.1) is 0 Å². The standard InChI is InChI=1S/C17H19Cl2NO/c1-11(2)21-17-6-4-3-5-13(17)16(20)10-12-7-8-14(18)15(19)9-12/h3-9,11,16H,10,20H2,1-2H3. The number of nitrogens with two attached hydrogens (primary N) is 1. The summed E-state index contributed by atoms with van der Waals surface area (Å²) in [5, 5.41) is 1.10. The Morgan fingerprint density at radius 2 is 1.76 bits per heavy atom. The van der Waals surface area contributed by atoms with Crippen LogP contribution in [0.5, 0.6) is 5.75 Å². The van der Waals surface area contributed by atoms with Gasteiger partial charge in [-0.2, -0.15) is 0 Å². The van der Waals surface area contributed by atoms with Crippen LogP contribution in [0.25, 0.3) is 0 Å². The Labute approximate surface area is 135 Å². The van der Waals surface area contributed by atoms with Crippen LogP contribution in [0.4, 0.5) is 0 Å². The Balaban J connectivity index is 2.19. The van der Waals surface area contributed by atoms with Crippen LogP contribution in [0.1, 0.15) is 31.0 Å². The average Bonchev–Trinajstić information content (AvgIpc) is 2.43. The van der Waals surface area contributed by atoms with Crippen molar-refractivity contribution >= 4 is 23.2 Å². The summed E-state index contributed by atoms with van der Waals surface area (Å²) in [4.78, 5) is 0. The normalized spacial score (nSPS) is 12.5. The highest BCUT2D eigenvalue weighted by molar-refractivity contribution is 6.42. The molecule has 2 aromatic carbocycles. The lowest BCUT2D eigenvalue weighted by molar-refractivity contribution is 0.238. The second-order valence-corrected chi connectivity index (χ2v) is 6.08. The van der Waals surface area contributed by atoms with Crippen molar-refractivity contribution in [1.29, 1.82) is 0 Å². The minimum absolute atomic E-state index is 0.114. The van der Waals surface area contributed by atoms with Crippen LogP contribution in [0.15, 0.2) is 42.5 Å².